The molecular weight excluding hydrogens is 204 g/mol. The van der Waals surface area contributed by atoms with Gasteiger partial charge in [-0.2, -0.15) is 12.7 Å². The highest BCUT2D eigenvalue weighted by Gasteiger charge is 2.24. The summed E-state index contributed by atoms with van der Waals surface area (Å²) in [5.74, 6) is 0. The highest BCUT2D eigenvalue weighted by molar-refractivity contribution is 7.87. The summed E-state index contributed by atoms with van der Waals surface area (Å²) in [5, 5.41) is 0. The number of methoxy groups -OCH3 is 1. The molecule has 0 aliphatic carbocycles. The topological polar surface area (TPSA) is 58.6 Å². The summed E-state index contributed by atoms with van der Waals surface area (Å²) < 4.78 is 32.0. The minimum Gasteiger partial charge on any atom is -0.385 e. The van der Waals surface area contributed by atoms with Crippen molar-refractivity contribution in [1.29, 1.82) is 0 Å². The van der Waals surface area contributed by atoms with Crippen molar-refractivity contribution in [3.63, 3.8) is 0 Å². The Morgan fingerprint density at radius 2 is 2.00 bits per heavy atom. The van der Waals surface area contributed by atoms with Crippen LogP contribution in [0.2, 0.25) is 0 Å². The summed E-state index contributed by atoms with van der Waals surface area (Å²) >= 11 is 0. The molecule has 14 heavy (non-hydrogen) atoms. The average molecular weight is 222 g/mol. The molecule has 0 saturated carbocycles. The molecule has 0 radical (unpaired) electrons. The zero-order valence-electron chi connectivity index (χ0n) is 8.53. The van der Waals surface area contributed by atoms with Crippen molar-refractivity contribution in [3.05, 3.63) is 0 Å². The van der Waals surface area contributed by atoms with Crippen LogP contribution in [0.1, 0.15) is 19.3 Å². The normalized spacial score (nSPS) is 18.9. The Bertz CT molecular complexity index is 247. The molecule has 6 heteroatoms. The zero-order valence-corrected chi connectivity index (χ0v) is 9.35. The Hall–Kier alpha value is -0.170. The lowest BCUT2D eigenvalue weighted by atomic mass is 10.4. The van der Waals surface area contributed by atoms with Gasteiger partial charge in [-0.25, -0.2) is 4.72 Å². The van der Waals surface area contributed by atoms with E-state index in [1.807, 2.05) is 0 Å². The van der Waals surface area contributed by atoms with E-state index in [0.717, 1.165) is 12.8 Å². The van der Waals surface area contributed by atoms with Crippen molar-refractivity contribution in [1.82, 2.24) is 9.03 Å². The van der Waals surface area contributed by atoms with Crippen LogP contribution in [0.25, 0.3) is 0 Å². The maximum absolute atomic E-state index is 11.6. The van der Waals surface area contributed by atoms with E-state index in [-0.39, 0.29) is 0 Å². The van der Waals surface area contributed by atoms with E-state index < -0.39 is 10.2 Å². The van der Waals surface area contributed by atoms with Crippen molar-refractivity contribution >= 4 is 10.2 Å². The van der Waals surface area contributed by atoms with Crippen LogP contribution in [-0.2, 0) is 14.9 Å². The van der Waals surface area contributed by atoms with Gasteiger partial charge in [0, 0.05) is 33.4 Å². The number of nitrogens with zero attached hydrogens (tertiary/aromatic N) is 1. The van der Waals surface area contributed by atoms with Gasteiger partial charge in [0.25, 0.3) is 10.2 Å². The van der Waals surface area contributed by atoms with E-state index in [2.05, 4.69) is 4.72 Å². The second-order valence-electron chi connectivity index (χ2n) is 3.35. The molecule has 0 aromatic heterocycles. The third kappa shape index (κ3) is 3.53. The Labute approximate surface area is 85.6 Å². The van der Waals surface area contributed by atoms with Crippen LogP contribution >= 0.6 is 0 Å². The predicted molar refractivity (Wildman–Crippen MR) is 54.2 cm³/mol. The molecule has 1 fully saturated rings. The van der Waals surface area contributed by atoms with E-state index >= 15 is 0 Å². The minimum atomic E-state index is -3.21. The number of rotatable bonds is 6. The second kappa shape index (κ2) is 5.65. The molecule has 1 rings (SSSR count). The van der Waals surface area contributed by atoms with Crippen LogP contribution in [0.5, 0.6) is 0 Å². The first kappa shape index (κ1) is 11.9. The molecule has 1 aliphatic heterocycles. The Morgan fingerprint density at radius 3 is 2.57 bits per heavy atom. The van der Waals surface area contributed by atoms with Gasteiger partial charge >= 0.3 is 0 Å². The molecule has 1 aliphatic rings. The zero-order chi connectivity index (χ0) is 10.4. The third-order valence-electron chi connectivity index (χ3n) is 2.21. The van der Waals surface area contributed by atoms with Crippen LogP contribution in [0.3, 0.4) is 0 Å². The molecule has 0 atom stereocenters. The van der Waals surface area contributed by atoms with Gasteiger partial charge in [-0.3, -0.25) is 0 Å². The van der Waals surface area contributed by atoms with E-state index in [4.69, 9.17) is 4.74 Å². The van der Waals surface area contributed by atoms with Gasteiger partial charge in [0.05, 0.1) is 0 Å². The fourth-order valence-electron chi connectivity index (χ4n) is 1.44. The van der Waals surface area contributed by atoms with E-state index in [9.17, 15) is 8.42 Å². The number of hydrogen-bond donors (Lipinski definition) is 1. The SMILES string of the molecule is COCCCNS(=O)(=O)N1CCCC1. The van der Waals surface area contributed by atoms with Gasteiger partial charge in [-0.1, -0.05) is 0 Å². The van der Waals surface area contributed by atoms with Crippen molar-refractivity contribution in [3.8, 4) is 0 Å². The molecule has 0 spiro atoms. The van der Waals surface area contributed by atoms with Gasteiger partial charge in [0.15, 0.2) is 0 Å². The molecule has 84 valence electrons. The Morgan fingerprint density at radius 1 is 1.36 bits per heavy atom. The van der Waals surface area contributed by atoms with Crippen LogP contribution in [0.15, 0.2) is 0 Å². The largest absolute Gasteiger partial charge is 0.385 e. The number of hydrogen-bond acceptors (Lipinski definition) is 3. The third-order valence-corrected chi connectivity index (χ3v) is 3.83. The first-order chi connectivity index (χ1) is 6.67. The fourth-order valence-corrected chi connectivity index (χ4v) is 2.76. The van der Waals surface area contributed by atoms with Gasteiger partial charge in [-0.15, -0.1) is 0 Å². The lowest BCUT2D eigenvalue weighted by molar-refractivity contribution is 0.195. The van der Waals surface area contributed by atoms with Gasteiger partial charge in [0.1, 0.15) is 0 Å². The Balaban J connectivity index is 2.26. The molecule has 5 nitrogen and oxygen atoms in total. The van der Waals surface area contributed by atoms with Crippen LogP contribution in [0.4, 0.5) is 0 Å². The van der Waals surface area contributed by atoms with E-state index in [1.54, 1.807) is 7.11 Å². The number of nitrogens with one attached hydrogen (secondary N) is 1. The summed E-state index contributed by atoms with van der Waals surface area (Å²) in [6.45, 7) is 2.34. The molecule has 0 aromatic carbocycles. The van der Waals surface area contributed by atoms with Crippen molar-refractivity contribution in [2.75, 3.05) is 33.4 Å². The maximum atomic E-state index is 11.6. The molecule has 0 bridgehead atoms. The average Bonchev–Trinajstić information content (AvgIpc) is 2.65. The standard InChI is InChI=1S/C8H18N2O3S/c1-13-8-4-5-9-14(11,12)10-6-2-3-7-10/h9H,2-8H2,1H3. The highest BCUT2D eigenvalue weighted by atomic mass is 32.2. The van der Waals surface area contributed by atoms with Crippen LogP contribution in [-0.4, -0.2) is 46.1 Å². The van der Waals surface area contributed by atoms with Gasteiger partial charge in [0.2, 0.25) is 0 Å². The summed E-state index contributed by atoms with van der Waals surface area (Å²) in [6.07, 6.45) is 2.65. The smallest absolute Gasteiger partial charge is 0.279 e. The monoisotopic (exact) mass is 222 g/mol. The molecule has 1 N–H and O–H groups in total. The summed E-state index contributed by atoms with van der Waals surface area (Å²) in [4.78, 5) is 0. The van der Waals surface area contributed by atoms with E-state index in [1.165, 1.54) is 4.31 Å². The molecule has 0 unspecified atom stereocenters. The summed E-state index contributed by atoms with van der Waals surface area (Å²) in [6, 6.07) is 0. The number of ether oxygens (including phenoxy) is 1. The van der Waals surface area contributed by atoms with E-state index in [0.29, 0.717) is 32.7 Å². The molecular formula is C8H18N2O3S. The predicted octanol–water partition coefficient (Wildman–Crippen LogP) is -0.0469. The molecule has 1 heterocycles. The lowest BCUT2D eigenvalue weighted by Crippen LogP contribution is -2.39. The van der Waals surface area contributed by atoms with Crippen molar-refractivity contribution in [2.24, 2.45) is 0 Å². The summed E-state index contributed by atoms with van der Waals surface area (Å²) in [5.41, 5.74) is 0. The van der Waals surface area contributed by atoms with Crippen LogP contribution < -0.4 is 4.72 Å². The molecule has 0 aromatic rings. The summed E-state index contributed by atoms with van der Waals surface area (Å²) in [7, 11) is -1.61. The second-order valence-corrected chi connectivity index (χ2v) is 5.11. The van der Waals surface area contributed by atoms with Gasteiger partial charge < -0.3 is 4.74 Å². The quantitative estimate of drug-likeness (QED) is 0.641. The first-order valence-corrected chi connectivity index (χ1v) is 6.34. The fraction of sp³-hybridized carbons (Fsp3) is 1.00. The van der Waals surface area contributed by atoms with Crippen molar-refractivity contribution < 1.29 is 13.2 Å². The Kier molecular flexibility index (Phi) is 4.80. The van der Waals surface area contributed by atoms with Gasteiger partial charge in [-0.05, 0) is 19.3 Å². The van der Waals surface area contributed by atoms with Crippen molar-refractivity contribution in [2.45, 2.75) is 19.3 Å². The maximum Gasteiger partial charge on any atom is 0.279 e. The lowest BCUT2D eigenvalue weighted by Gasteiger charge is -2.15. The molecule has 1 saturated heterocycles. The van der Waals surface area contributed by atoms with Crippen LogP contribution in [0, 0.1) is 0 Å². The molecule has 0 amide bonds. The highest BCUT2D eigenvalue weighted by Crippen LogP contribution is 2.10. The minimum absolute atomic E-state index is 0.451. The first-order valence-electron chi connectivity index (χ1n) is 4.90.